The molecule has 4 aromatic rings. The van der Waals surface area contributed by atoms with Gasteiger partial charge in [0, 0.05) is 6.20 Å². The molecule has 0 fully saturated rings. The average molecular weight is 339 g/mol. The van der Waals surface area contributed by atoms with Gasteiger partial charge in [-0.2, -0.15) is 0 Å². The van der Waals surface area contributed by atoms with Crippen LogP contribution in [0.1, 0.15) is 5.56 Å². The standard InChI is InChI=1S/C16H11ClN6O/c1-10-4-21-16(17)22-15(10)13-7-20-14-3-2-11(8-23(13)14)24-12-5-18-9-19-6-12/h2-9H,1H3. The van der Waals surface area contributed by atoms with Crippen LogP contribution in [0.15, 0.2) is 49.4 Å². The lowest BCUT2D eigenvalue weighted by atomic mass is 10.2. The van der Waals surface area contributed by atoms with Crippen LogP contribution in [-0.4, -0.2) is 29.3 Å². The Kier molecular flexibility index (Phi) is 3.55. The minimum absolute atomic E-state index is 0.194. The number of pyridine rings is 1. The van der Waals surface area contributed by atoms with E-state index in [1.807, 2.05) is 29.7 Å². The van der Waals surface area contributed by atoms with E-state index in [9.17, 15) is 0 Å². The molecule has 0 aliphatic heterocycles. The lowest BCUT2D eigenvalue weighted by Crippen LogP contribution is -1.96. The predicted octanol–water partition coefficient (Wildman–Crippen LogP) is 3.34. The molecule has 0 N–H and O–H groups in total. The van der Waals surface area contributed by atoms with Gasteiger partial charge in [0.1, 0.15) is 17.7 Å². The van der Waals surface area contributed by atoms with Gasteiger partial charge < -0.3 is 4.74 Å². The first kappa shape index (κ1) is 14.5. The normalized spacial score (nSPS) is 10.9. The maximum absolute atomic E-state index is 5.93. The van der Waals surface area contributed by atoms with Crippen molar-refractivity contribution in [1.29, 1.82) is 0 Å². The summed E-state index contributed by atoms with van der Waals surface area (Å²) in [6.45, 7) is 1.92. The zero-order valence-electron chi connectivity index (χ0n) is 12.6. The van der Waals surface area contributed by atoms with Crippen molar-refractivity contribution in [2.45, 2.75) is 6.92 Å². The van der Waals surface area contributed by atoms with Gasteiger partial charge in [-0.25, -0.2) is 24.9 Å². The fourth-order valence-electron chi connectivity index (χ4n) is 2.35. The predicted molar refractivity (Wildman–Crippen MR) is 88.1 cm³/mol. The van der Waals surface area contributed by atoms with Crippen molar-refractivity contribution in [3.05, 3.63) is 60.3 Å². The van der Waals surface area contributed by atoms with E-state index in [-0.39, 0.29) is 5.28 Å². The van der Waals surface area contributed by atoms with Crippen LogP contribution in [0.3, 0.4) is 0 Å². The Labute approximate surface area is 142 Å². The first-order chi connectivity index (χ1) is 11.7. The first-order valence-corrected chi connectivity index (χ1v) is 7.48. The molecule has 24 heavy (non-hydrogen) atoms. The van der Waals surface area contributed by atoms with Crippen molar-refractivity contribution in [3.8, 4) is 22.9 Å². The largest absolute Gasteiger partial charge is 0.453 e. The summed E-state index contributed by atoms with van der Waals surface area (Å²) in [4.78, 5) is 20.6. The first-order valence-electron chi connectivity index (χ1n) is 7.10. The Morgan fingerprint density at radius 2 is 1.83 bits per heavy atom. The fourth-order valence-corrected chi connectivity index (χ4v) is 2.48. The molecule has 0 amide bonds. The molecule has 0 aliphatic rings. The molecule has 0 spiro atoms. The lowest BCUT2D eigenvalue weighted by molar-refractivity contribution is 0.474. The minimum atomic E-state index is 0.194. The van der Waals surface area contributed by atoms with Crippen LogP contribution in [0.4, 0.5) is 0 Å². The molecule has 0 radical (unpaired) electrons. The Balaban J connectivity index is 1.80. The van der Waals surface area contributed by atoms with Gasteiger partial charge >= 0.3 is 0 Å². The highest BCUT2D eigenvalue weighted by atomic mass is 35.5. The maximum atomic E-state index is 5.93. The van der Waals surface area contributed by atoms with E-state index < -0.39 is 0 Å². The molecule has 0 aromatic carbocycles. The number of fused-ring (bicyclic) bond motifs is 1. The van der Waals surface area contributed by atoms with E-state index in [1.54, 1.807) is 24.8 Å². The Morgan fingerprint density at radius 1 is 1.00 bits per heavy atom. The number of imidazole rings is 1. The van der Waals surface area contributed by atoms with Crippen molar-refractivity contribution < 1.29 is 4.74 Å². The van der Waals surface area contributed by atoms with Gasteiger partial charge in [-0.05, 0) is 36.2 Å². The number of nitrogens with zero attached hydrogens (tertiary/aromatic N) is 6. The molecule has 0 saturated heterocycles. The Bertz CT molecular complexity index is 1020. The van der Waals surface area contributed by atoms with Gasteiger partial charge in [-0.1, -0.05) is 0 Å². The molecule has 8 heteroatoms. The molecule has 118 valence electrons. The zero-order chi connectivity index (χ0) is 16.5. The molecule has 4 heterocycles. The second kappa shape index (κ2) is 5.86. The van der Waals surface area contributed by atoms with Gasteiger partial charge in [-0.15, -0.1) is 0 Å². The van der Waals surface area contributed by atoms with Crippen molar-refractivity contribution >= 4 is 17.2 Å². The van der Waals surface area contributed by atoms with Crippen molar-refractivity contribution in [1.82, 2.24) is 29.3 Å². The van der Waals surface area contributed by atoms with Crippen LogP contribution in [0, 0.1) is 6.92 Å². The number of halogens is 1. The van der Waals surface area contributed by atoms with Crippen LogP contribution < -0.4 is 4.74 Å². The molecule has 0 atom stereocenters. The smallest absolute Gasteiger partial charge is 0.222 e. The number of ether oxygens (including phenoxy) is 1. The number of aryl methyl sites for hydroxylation is 1. The Morgan fingerprint density at radius 3 is 2.67 bits per heavy atom. The van der Waals surface area contributed by atoms with E-state index in [2.05, 4.69) is 24.9 Å². The van der Waals surface area contributed by atoms with Crippen LogP contribution in [-0.2, 0) is 0 Å². The SMILES string of the molecule is Cc1cnc(Cl)nc1-c1cnc2ccc(Oc3cncnc3)cn12. The van der Waals surface area contributed by atoms with Crippen molar-refractivity contribution in [2.75, 3.05) is 0 Å². The molecular weight excluding hydrogens is 328 g/mol. The minimum Gasteiger partial charge on any atom is -0.453 e. The zero-order valence-corrected chi connectivity index (χ0v) is 13.3. The third-order valence-electron chi connectivity index (χ3n) is 3.44. The summed E-state index contributed by atoms with van der Waals surface area (Å²) in [5, 5.41) is 0.194. The van der Waals surface area contributed by atoms with Gasteiger partial charge in [-0.3, -0.25) is 4.40 Å². The molecular formula is C16H11ClN6O. The summed E-state index contributed by atoms with van der Waals surface area (Å²) in [6.07, 6.45) is 9.91. The monoisotopic (exact) mass is 338 g/mol. The summed E-state index contributed by atoms with van der Waals surface area (Å²) in [5.74, 6) is 1.19. The van der Waals surface area contributed by atoms with E-state index >= 15 is 0 Å². The van der Waals surface area contributed by atoms with Gasteiger partial charge in [0.2, 0.25) is 5.28 Å². The van der Waals surface area contributed by atoms with Crippen LogP contribution in [0.2, 0.25) is 5.28 Å². The summed E-state index contributed by atoms with van der Waals surface area (Å²) in [7, 11) is 0. The fraction of sp³-hybridized carbons (Fsp3) is 0.0625. The molecule has 0 unspecified atom stereocenters. The molecule has 0 aliphatic carbocycles. The third kappa shape index (κ3) is 2.65. The Hall–Kier alpha value is -3.06. The highest BCUT2D eigenvalue weighted by Crippen LogP contribution is 2.26. The van der Waals surface area contributed by atoms with Crippen molar-refractivity contribution in [2.24, 2.45) is 0 Å². The van der Waals surface area contributed by atoms with E-state index in [1.165, 1.54) is 6.33 Å². The number of hydrogen-bond donors (Lipinski definition) is 0. The van der Waals surface area contributed by atoms with Gasteiger partial charge in [0.05, 0.1) is 36.2 Å². The average Bonchev–Trinajstić information content (AvgIpc) is 3.01. The number of aromatic nitrogens is 6. The second-order valence-electron chi connectivity index (χ2n) is 5.08. The summed E-state index contributed by atoms with van der Waals surface area (Å²) in [5.41, 5.74) is 3.21. The quantitative estimate of drug-likeness (QED) is 0.533. The number of hydrogen-bond acceptors (Lipinski definition) is 6. The maximum Gasteiger partial charge on any atom is 0.222 e. The van der Waals surface area contributed by atoms with Gasteiger partial charge in [0.25, 0.3) is 0 Å². The van der Waals surface area contributed by atoms with E-state index in [0.29, 0.717) is 11.5 Å². The highest BCUT2D eigenvalue weighted by molar-refractivity contribution is 6.28. The number of rotatable bonds is 3. The summed E-state index contributed by atoms with van der Waals surface area (Å²) >= 11 is 5.93. The summed E-state index contributed by atoms with van der Waals surface area (Å²) in [6, 6.07) is 3.69. The lowest BCUT2D eigenvalue weighted by Gasteiger charge is -2.08. The topological polar surface area (TPSA) is 78.1 Å². The molecule has 0 saturated carbocycles. The molecule has 7 nitrogen and oxygen atoms in total. The van der Waals surface area contributed by atoms with Crippen molar-refractivity contribution in [3.63, 3.8) is 0 Å². The van der Waals surface area contributed by atoms with Gasteiger partial charge in [0.15, 0.2) is 5.75 Å². The van der Waals surface area contributed by atoms with E-state index in [4.69, 9.17) is 16.3 Å². The third-order valence-corrected chi connectivity index (χ3v) is 3.62. The van der Waals surface area contributed by atoms with Crippen LogP contribution in [0.5, 0.6) is 11.5 Å². The van der Waals surface area contributed by atoms with Crippen LogP contribution >= 0.6 is 11.6 Å². The second-order valence-corrected chi connectivity index (χ2v) is 5.42. The van der Waals surface area contributed by atoms with E-state index in [0.717, 1.165) is 22.6 Å². The molecule has 0 bridgehead atoms. The molecule has 4 aromatic heterocycles. The summed E-state index contributed by atoms with van der Waals surface area (Å²) < 4.78 is 7.66. The molecule has 4 rings (SSSR count). The van der Waals surface area contributed by atoms with Crippen LogP contribution in [0.25, 0.3) is 17.0 Å². The highest BCUT2D eigenvalue weighted by Gasteiger charge is 2.12.